The van der Waals surface area contributed by atoms with Gasteiger partial charge in [0.1, 0.15) is 0 Å². The Morgan fingerprint density at radius 1 is 1.41 bits per heavy atom. The van der Waals surface area contributed by atoms with E-state index in [-0.39, 0.29) is 16.5 Å². The molecule has 0 saturated heterocycles. The van der Waals surface area contributed by atoms with E-state index in [1.165, 1.54) is 12.1 Å². The second-order valence-electron chi connectivity index (χ2n) is 4.25. The van der Waals surface area contributed by atoms with E-state index in [1.54, 1.807) is 19.9 Å². The number of hydrogen-bond acceptors (Lipinski definition) is 4. The molecule has 0 atom stereocenters. The van der Waals surface area contributed by atoms with Gasteiger partial charge in [0.25, 0.3) is 5.89 Å². The van der Waals surface area contributed by atoms with Gasteiger partial charge in [-0.15, -0.1) is 0 Å². The van der Waals surface area contributed by atoms with E-state index in [2.05, 4.69) is 10.1 Å². The van der Waals surface area contributed by atoms with Gasteiger partial charge in [-0.2, -0.15) is 4.98 Å². The summed E-state index contributed by atoms with van der Waals surface area (Å²) in [5, 5.41) is 3.72. The predicted octanol–water partition coefficient (Wildman–Crippen LogP) is 2.72. The van der Waals surface area contributed by atoms with Crippen molar-refractivity contribution in [3.05, 3.63) is 34.9 Å². The first-order chi connectivity index (χ1) is 7.89. The van der Waals surface area contributed by atoms with Crippen molar-refractivity contribution < 1.29 is 8.91 Å². The van der Waals surface area contributed by atoms with Gasteiger partial charge in [-0.3, -0.25) is 0 Å². The van der Waals surface area contributed by atoms with E-state index < -0.39 is 11.4 Å². The minimum absolute atomic E-state index is 0.00857. The van der Waals surface area contributed by atoms with Gasteiger partial charge in [-0.05, 0) is 26.0 Å². The third kappa shape index (κ3) is 2.30. The first kappa shape index (κ1) is 12.0. The molecule has 0 unspecified atom stereocenters. The van der Waals surface area contributed by atoms with Crippen molar-refractivity contribution in [1.82, 2.24) is 10.1 Å². The quantitative estimate of drug-likeness (QED) is 0.896. The van der Waals surface area contributed by atoms with E-state index in [4.69, 9.17) is 21.9 Å². The van der Waals surface area contributed by atoms with Crippen LogP contribution in [0.1, 0.15) is 19.7 Å². The van der Waals surface area contributed by atoms with Gasteiger partial charge in [0.05, 0.1) is 16.1 Å². The number of halogens is 2. The molecule has 2 N–H and O–H groups in total. The summed E-state index contributed by atoms with van der Waals surface area (Å²) in [6.07, 6.45) is 0. The zero-order valence-corrected chi connectivity index (χ0v) is 10.1. The first-order valence-electron chi connectivity index (χ1n) is 4.97. The highest BCUT2D eigenvalue weighted by atomic mass is 35.5. The molecule has 0 aliphatic carbocycles. The smallest absolute Gasteiger partial charge is 0.261 e. The fourth-order valence-corrected chi connectivity index (χ4v) is 1.44. The van der Waals surface area contributed by atoms with Crippen LogP contribution in [0.15, 0.2) is 22.7 Å². The molecule has 0 aliphatic heterocycles. The summed E-state index contributed by atoms with van der Waals surface area (Å²) in [6.45, 7) is 3.46. The molecule has 1 aromatic carbocycles. The van der Waals surface area contributed by atoms with Crippen molar-refractivity contribution in [2.75, 3.05) is 0 Å². The molecule has 0 amide bonds. The molecule has 0 radical (unpaired) electrons. The van der Waals surface area contributed by atoms with E-state index in [0.717, 1.165) is 0 Å². The lowest BCUT2D eigenvalue weighted by molar-refractivity contribution is 0.396. The Balaban J connectivity index is 2.48. The van der Waals surface area contributed by atoms with Crippen LogP contribution in [0.5, 0.6) is 0 Å². The van der Waals surface area contributed by atoms with Crippen molar-refractivity contribution in [2.24, 2.45) is 5.73 Å². The van der Waals surface area contributed by atoms with Crippen LogP contribution in [-0.2, 0) is 5.54 Å². The predicted molar refractivity (Wildman–Crippen MR) is 61.9 cm³/mol. The molecule has 0 fully saturated rings. The molecule has 0 saturated carbocycles. The highest BCUT2D eigenvalue weighted by Gasteiger charge is 2.23. The van der Waals surface area contributed by atoms with Gasteiger partial charge < -0.3 is 10.3 Å². The van der Waals surface area contributed by atoms with Gasteiger partial charge in [0.15, 0.2) is 11.6 Å². The molecule has 2 aromatic rings. The summed E-state index contributed by atoms with van der Waals surface area (Å²) in [4.78, 5) is 4.05. The zero-order chi connectivity index (χ0) is 12.6. The molecule has 2 rings (SSSR count). The molecule has 0 bridgehead atoms. The second kappa shape index (κ2) is 4.09. The SMILES string of the molecule is CC(C)(N)c1noc(-c2cccc(Cl)c2F)n1. The lowest BCUT2D eigenvalue weighted by atomic mass is 10.1. The fraction of sp³-hybridized carbons (Fsp3) is 0.273. The lowest BCUT2D eigenvalue weighted by Crippen LogP contribution is -2.30. The molecular weight excluding hydrogens is 245 g/mol. The second-order valence-corrected chi connectivity index (χ2v) is 4.65. The summed E-state index contributed by atoms with van der Waals surface area (Å²) in [7, 11) is 0. The molecular formula is C11H11ClFN3O. The molecule has 90 valence electrons. The lowest BCUT2D eigenvalue weighted by Gasteiger charge is -2.11. The van der Waals surface area contributed by atoms with E-state index in [9.17, 15) is 4.39 Å². The van der Waals surface area contributed by atoms with Crippen molar-refractivity contribution >= 4 is 11.6 Å². The topological polar surface area (TPSA) is 64.9 Å². The minimum atomic E-state index is -0.739. The summed E-state index contributed by atoms with van der Waals surface area (Å²) in [5.41, 5.74) is 5.24. The van der Waals surface area contributed by atoms with Crippen LogP contribution in [-0.4, -0.2) is 10.1 Å². The van der Waals surface area contributed by atoms with Crippen LogP contribution >= 0.6 is 11.6 Å². The summed E-state index contributed by atoms with van der Waals surface area (Å²) >= 11 is 5.67. The Hall–Kier alpha value is -1.46. The van der Waals surface area contributed by atoms with E-state index in [1.807, 2.05) is 0 Å². The number of rotatable bonds is 2. The third-order valence-corrected chi connectivity index (χ3v) is 2.48. The molecule has 4 nitrogen and oxygen atoms in total. The third-order valence-electron chi connectivity index (χ3n) is 2.18. The highest BCUT2D eigenvalue weighted by Crippen LogP contribution is 2.27. The van der Waals surface area contributed by atoms with Crippen LogP contribution in [0.3, 0.4) is 0 Å². The Morgan fingerprint density at radius 2 is 2.12 bits per heavy atom. The fourth-order valence-electron chi connectivity index (χ4n) is 1.26. The number of aromatic nitrogens is 2. The van der Waals surface area contributed by atoms with Gasteiger partial charge in [-0.1, -0.05) is 22.8 Å². The van der Waals surface area contributed by atoms with E-state index >= 15 is 0 Å². The normalized spacial score (nSPS) is 11.8. The Morgan fingerprint density at radius 3 is 2.71 bits per heavy atom. The zero-order valence-electron chi connectivity index (χ0n) is 9.37. The van der Waals surface area contributed by atoms with Gasteiger partial charge in [0, 0.05) is 0 Å². The summed E-state index contributed by atoms with van der Waals surface area (Å²) < 4.78 is 18.7. The van der Waals surface area contributed by atoms with E-state index in [0.29, 0.717) is 5.82 Å². The standard InChI is InChI=1S/C11H11ClFN3O/c1-11(2,14)10-15-9(17-16-10)6-4-3-5-7(12)8(6)13/h3-5H,14H2,1-2H3. The van der Waals surface area contributed by atoms with Crippen molar-refractivity contribution in [2.45, 2.75) is 19.4 Å². The maximum atomic E-state index is 13.7. The van der Waals surface area contributed by atoms with Crippen LogP contribution in [0, 0.1) is 5.82 Å². The first-order valence-corrected chi connectivity index (χ1v) is 5.35. The number of benzene rings is 1. The van der Waals surface area contributed by atoms with Gasteiger partial charge in [0.2, 0.25) is 0 Å². The molecule has 17 heavy (non-hydrogen) atoms. The molecule has 0 spiro atoms. The molecule has 1 heterocycles. The number of nitrogens with two attached hydrogens (primary N) is 1. The van der Waals surface area contributed by atoms with Crippen LogP contribution in [0.25, 0.3) is 11.5 Å². The van der Waals surface area contributed by atoms with Gasteiger partial charge >= 0.3 is 0 Å². The molecule has 1 aromatic heterocycles. The Labute approximate surface area is 103 Å². The largest absolute Gasteiger partial charge is 0.334 e. The average molecular weight is 256 g/mol. The summed E-state index contributed by atoms with van der Waals surface area (Å²) in [6, 6.07) is 4.57. The molecule has 6 heteroatoms. The van der Waals surface area contributed by atoms with Crippen LogP contribution in [0.4, 0.5) is 4.39 Å². The Kier molecular flexibility index (Phi) is 2.89. The number of hydrogen-bond donors (Lipinski definition) is 1. The van der Waals surface area contributed by atoms with Crippen LogP contribution < -0.4 is 5.73 Å². The monoisotopic (exact) mass is 255 g/mol. The maximum Gasteiger partial charge on any atom is 0.261 e. The Bertz CT molecular complexity index is 548. The van der Waals surface area contributed by atoms with Gasteiger partial charge in [-0.25, -0.2) is 4.39 Å². The summed E-state index contributed by atoms with van der Waals surface area (Å²) in [5.74, 6) is -0.204. The maximum absolute atomic E-state index is 13.7. The molecule has 0 aliphatic rings. The average Bonchev–Trinajstić information content (AvgIpc) is 2.70. The minimum Gasteiger partial charge on any atom is -0.334 e. The van der Waals surface area contributed by atoms with Crippen molar-refractivity contribution in [3.63, 3.8) is 0 Å². The van der Waals surface area contributed by atoms with Crippen molar-refractivity contribution in [1.29, 1.82) is 0 Å². The highest BCUT2D eigenvalue weighted by molar-refractivity contribution is 6.31. The number of nitrogens with zero attached hydrogens (tertiary/aromatic N) is 2. The van der Waals surface area contributed by atoms with Crippen LogP contribution in [0.2, 0.25) is 5.02 Å². The van der Waals surface area contributed by atoms with Crippen molar-refractivity contribution in [3.8, 4) is 11.5 Å².